The van der Waals surface area contributed by atoms with Crippen molar-refractivity contribution in [2.24, 2.45) is 0 Å². The summed E-state index contributed by atoms with van der Waals surface area (Å²) in [5.41, 5.74) is 0.0776. The predicted octanol–water partition coefficient (Wildman–Crippen LogP) is 3.29. The van der Waals surface area contributed by atoms with Gasteiger partial charge in [0.25, 0.3) is 0 Å². The van der Waals surface area contributed by atoms with Crippen LogP contribution in [0.1, 0.15) is 5.69 Å². The van der Waals surface area contributed by atoms with Gasteiger partial charge >= 0.3 is 6.18 Å². The van der Waals surface area contributed by atoms with Gasteiger partial charge in [-0.2, -0.15) is 18.2 Å². The predicted molar refractivity (Wildman–Crippen MR) is 112 cm³/mol. The second-order valence-electron chi connectivity index (χ2n) is 6.37. The van der Waals surface area contributed by atoms with E-state index in [-0.39, 0.29) is 16.9 Å². The van der Waals surface area contributed by atoms with Crippen molar-refractivity contribution in [3.05, 3.63) is 54.7 Å². The van der Waals surface area contributed by atoms with Crippen molar-refractivity contribution in [2.75, 3.05) is 47.8 Å². The highest BCUT2D eigenvalue weighted by atomic mass is 32.1. The number of piperazine rings is 1. The molecule has 2 N–H and O–H groups in total. The number of aromatic nitrogens is 2. The topological polar surface area (TPSA) is 56.3 Å². The molecule has 0 unspecified atom stereocenters. The van der Waals surface area contributed by atoms with E-state index in [0.717, 1.165) is 11.8 Å². The van der Waals surface area contributed by atoms with E-state index in [1.54, 1.807) is 6.08 Å². The average molecular weight is 422 g/mol. The fourth-order valence-electron chi connectivity index (χ4n) is 2.94. The van der Waals surface area contributed by atoms with Crippen LogP contribution in [0.4, 0.5) is 30.6 Å². The van der Waals surface area contributed by atoms with E-state index in [4.69, 9.17) is 12.2 Å². The molecule has 1 aliphatic rings. The molecule has 1 saturated heterocycles. The zero-order valence-corrected chi connectivity index (χ0v) is 16.4. The Balaban J connectivity index is 1.76. The Morgan fingerprint density at radius 3 is 2.38 bits per heavy atom. The molecule has 0 amide bonds. The van der Waals surface area contributed by atoms with Gasteiger partial charge in [0.05, 0.1) is 0 Å². The Morgan fingerprint density at radius 2 is 1.76 bits per heavy atom. The van der Waals surface area contributed by atoms with Crippen molar-refractivity contribution < 1.29 is 13.2 Å². The Morgan fingerprint density at radius 1 is 1.10 bits per heavy atom. The minimum absolute atomic E-state index is 0.129. The molecule has 0 bridgehead atoms. The zero-order chi connectivity index (χ0) is 20.9. The summed E-state index contributed by atoms with van der Waals surface area (Å²) in [5, 5.41) is 5.53. The number of thiocarbonyl (C=S) groups is 1. The van der Waals surface area contributed by atoms with Crippen LogP contribution in [0.2, 0.25) is 0 Å². The van der Waals surface area contributed by atoms with Gasteiger partial charge in [0, 0.05) is 44.5 Å². The lowest BCUT2D eigenvalue weighted by Crippen LogP contribution is -2.47. The standard InChI is InChI=1S/C19H21F3N6S/c1-2-8-23-18(29)26-17-24-15(19(20,21)22)13-16(25-17)28-11-9-27(10-12-28)14-6-4-3-5-7-14/h2-7,13H,1,8-12H2,(H2,23,24,25,26,29). The second-order valence-corrected chi connectivity index (χ2v) is 6.77. The molecule has 0 radical (unpaired) electrons. The van der Waals surface area contributed by atoms with Crippen LogP contribution in [0.15, 0.2) is 49.1 Å². The number of hydrogen-bond acceptors (Lipinski definition) is 5. The molecule has 154 valence electrons. The lowest BCUT2D eigenvalue weighted by molar-refractivity contribution is -0.141. The van der Waals surface area contributed by atoms with Crippen molar-refractivity contribution in [1.29, 1.82) is 0 Å². The smallest absolute Gasteiger partial charge is 0.368 e. The van der Waals surface area contributed by atoms with Crippen LogP contribution in [0.3, 0.4) is 0 Å². The summed E-state index contributed by atoms with van der Waals surface area (Å²) >= 11 is 5.06. The van der Waals surface area contributed by atoms with Crippen LogP contribution in [-0.2, 0) is 6.18 Å². The van der Waals surface area contributed by atoms with E-state index in [1.165, 1.54) is 0 Å². The van der Waals surface area contributed by atoms with Crippen LogP contribution in [0, 0.1) is 0 Å². The van der Waals surface area contributed by atoms with Gasteiger partial charge in [-0.3, -0.25) is 0 Å². The van der Waals surface area contributed by atoms with Gasteiger partial charge in [0.1, 0.15) is 5.82 Å². The number of benzene rings is 1. The van der Waals surface area contributed by atoms with Crippen LogP contribution < -0.4 is 20.4 Å². The molecule has 10 heteroatoms. The summed E-state index contributed by atoms with van der Waals surface area (Å²) in [4.78, 5) is 11.8. The third-order valence-electron chi connectivity index (χ3n) is 4.36. The van der Waals surface area contributed by atoms with Gasteiger partial charge in [-0.05, 0) is 24.4 Å². The molecular formula is C19H21F3N6S. The highest BCUT2D eigenvalue weighted by Gasteiger charge is 2.34. The minimum Gasteiger partial charge on any atom is -0.368 e. The van der Waals surface area contributed by atoms with Gasteiger partial charge in [0.15, 0.2) is 10.8 Å². The van der Waals surface area contributed by atoms with Crippen molar-refractivity contribution in [3.63, 3.8) is 0 Å². The minimum atomic E-state index is -4.59. The van der Waals surface area contributed by atoms with E-state index in [2.05, 4.69) is 32.1 Å². The number of nitrogens with zero attached hydrogens (tertiary/aromatic N) is 4. The number of halogens is 3. The van der Waals surface area contributed by atoms with Crippen LogP contribution in [0.25, 0.3) is 0 Å². The molecule has 1 aromatic carbocycles. The molecule has 0 saturated carbocycles. The number of rotatable bonds is 5. The average Bonchev–Trinajstić information content (AvgIpc) is 2.72. The molecule has 1 aliphatic heterocycles. The highest BCUT2D eigenvalue weighted by Crippen LogP contribution is 2.31. The maximum atomic E-state index is 13.3. The molecule has 2 aromatic rings. The van der Waals surface area contributed by atoms with Crippen molar-refractivity contribution in [2.45, 2.75) is 6.18 Å². The van der Waals surface area contributed by atoms with Crippen molar-refractivity contribution in [3.8, 4) is 0 Å². The molecule has 0 spiro atoms. The number of alkyl halides is 3. The lowest BCUT2D eigenvalue weighted by Gasteiger charge is -2.37. The maximum absolute atomic E-state index is 13.3. The Bertz CT molecular complexity index is 851. The molecule has 6 nitrogen and oxygen atoms in total. The number of para-hydroxylation sites is 1. The molecule has 0 atom stereocenters. The van der Waals surface area contributed by atoms with Gasteiger partial charge in [0.2, 0.25) is 5.95 Å². The fraction of sp³-hybridized carbons (Fsp3) is 0.316. The van der Waals surface area contributed by atoms with E-state index < -0.39 is 11.9 Å². The first-order valence-electron chi connectivity index (χ1n) is 9.04. The highest BCUT2D eigenvalue weighted by molar-refractivity contribution is 7.80. The third kappa shape index (κ3) is 5.57. The summed E-state index contributed by atoms with van der Waals surface area (Å²) in [6.07, 6.45) is -3.01. The summed E-state index contributed by atoms with van der Waals surface area (Å²) in [7, 11) is 0. The number of hydrogen-bond donors (Lipinski definition) is 2. The first kappa shape index (κ1) is 20.8. The van der Waals surface area contributed by atoms with Gasteiger partial charge in [-0.1, -0.05) is 24.3 Å². The molecule has 1 aromatic heterocycles. The monoisotopic (exact) mass is 422 g/mol. The molecule has 3 rings (SSSR count). The fourth-order valence-corrected chi connectivity index (χ4v) is 3.12. The quantitative estimate of drug-likeness (QED) is 0.566. The first-order chi connectivity index (χ1) is 13.9. The Hall–Kier alpha value is -2.88. The Labute approximate surface area is 172 Å². The molecule has 2 heterocycles. The summed E-state index contributed by atoms with van der Waals surface area (Å²) in [6, 6.07) is 10.9. The molecule has 29 heavy (non-hydrogen) atoms. The van der Waals surface area contributed by atoms with Crippen molar-refractivity contribution >= 4 is 34.8 Å². The lowest BCUT2D eigenvalue weighted by atomic mass is 10.2. The largest absolute Gasteiger partial charge is 0.433 e. The first-order valence-corrected chi connectivity index (χ1v) is 9.44. The summed E-state index contributed by atoms with van der Waals surface area (Å²) in [5.74, 6) is 0.0240. The van der Waals surface area contributed by atoms with Crippen LogP contribution in [-0.4, -0.2) is 47.8 Å². The Kier molecular flexibility index (Phi) is 6.53. The summed E-state index contributed by atoms with van der Waals surface area (Å²) < 4.78 is 40.0. The van der Waals surface area contributed by atoms with Crippen LogP contribution >= 0.6 is 12.2 Å². The normalized spacial score (nSPS) is 14.4. The van der Waals surface area contributed by atoms with E-state index >= 15 is 0 Å². The maximum Gasteiger partial charge on any atom is 0.433 e. The molecular weight excluding hydrogens is 401 g/mol. The summed E-state index contributed by atoms with van der Waals surface area (Å²) in [6.45, 7) is 6.37. The zero-order valence-electron chi connectivity index (χ0n) is 15.6. The molecule has 0 aliphatic carbocycles. The van der Waals surface area contributed by atoms with Crippen LogP contribution in [0.5, 0.6) is 0 Å². The van der Waals surface area contributed by atoms with Crippen molar-refractivity contribution in [1.82, 2.24) is 15.3 Å². The second kappa shape index (κ2) is 9.08. The van der Waals surface area contributed by atoms with E-state index in [9.17, 15) is 13.2 Å². The third-order valence-corrected chi connectivity index (χ3v) is 4.61. The van der Waals surface area contributed by atoms with E-state index in [1.807, 2.05) is 35.2 Å². The number of nitrogens with one attached hydrogen (secondary N) is 2. The van der Waals surface area contributed by atoms with Gasteiger partial charge in [-0.25, -0.2) is 4.98 Å². The van der Waals surface area contributed by atoms with Gasteiger partial charge < -0.3 is 20.4 Å². The number of anilines is 3. The SMILES string of the molecule is C=CCNC(=S)Nc1nc(N2CCN(c3ccccc3)CC2)cc(C(F)(F)F)n1. The van der Waals surface area contributed by atoms with Gasteiger partial charge in [-0.15, -0.1) is 6.58 Å². The molecule has 1 fully saturated rings. The van der Waals surface area contributed by atoms with E-state index in [0.29, 0.717) is 32.7 Å².